The zero-order valence-corrected chi connectivity index (χ0v) is 24.9. The van der Waals surface area contributed by atoms with E-state index in [1.807, 2.05) is 32.6 Å². The SMILES string of the molecule is CCN(Cc1cc(O)c2c(c1C(F)(F)F)C[C@H]1C[C@H]3[C@H](N(C)C)C(O)=C(C(N)=O)C(=O)[C@@]3(O)C(O)=C1C2=O)[C@@H](C)C(C)C. The molecule has 13 heteroatoms. The quantitative estimate of drug-likeness (QED) is 0.292. The predicted molar refractivity (Wildman–Crippen MR) is 149 cm³/mol. The summed E-state index contributed by atoms with van der Waals surface area (Å²) in [6.45, 7) is 7.89. The second-order valence-electron chi connectivity index (χ2n) is 12.3. The molecule has 0 unspecified atom stereocenters. The lowest BCUT2D eigenvalue weighted by Crippen LogP contribution is -2.63. The van der Waals surface area contributed by atoms with Crippen molar-refractivity contribution in [2.24, 2.45) is 23.5 Å². The van der Waals surface area contributed by atoms with Crippen molar-refractivity contribution in [3.63, 3.8) is 0 Å². The summed E-state index contributed by atoms with van der Waals surface area (Å²) in [5, 5.41) is 44.8. The van der Waals surface area contributed by atoms with Crippen LogP contribution in [0.4, 0.5) is 13.2 Å². The third-order valence-electron chi connectivity index (χ3n) is 9.41. The van der Waals surface area contributed by atoms with Gasteiger partial charge in [0.15, 0.2) is 11.4 Å². The van der Waals surface area contributed by atoms with Crippen molar-refractivity contribution in [2.75, 3.05) is 20.6 Å². The summed E-state index contributed by atoms with van der Waals surface area (Å²) >= 11 is 0. The molecule has 0 aromatic heterocycles. The van der Waals surface area contributed by atoms with Crippen LogP contribution in [0.15, 0.2) is 28.7 Å². The molecule has 0 spiro atoms. The van der Waals surface area contributed by atoms with E-state index in [2.05, 4.69) is 0 Å². The van der Waals surface area contributed by atoms with E-state index in [-0.39, 0.29) is 30.5 Å². The number of nitrogens with two attached hydrogens (primary N) is 1. The average Bonchev–Trinajstić information content (AvgIpc) is 2.87. The molecule has 0 bridgehead atoms. The van der Waals surface area contributed by atoms with Crippen molar-refractivity contribution in [2.45, 2.75) is 70.9 Å². The van der Waals surface area contributed by atoms with Gasteiger partial charge in [-0.15, -0.1) is 0 Å². The molecule has 0 radical (unpaired) electrons. The number of hydrogen-bond donors (Lipinski definition) is 5. The van der Waals surface area contributed by atoms with Gasteiger partial charge in [-0.05, 0) is 69.4 Å². The standard InChI is InChI=1S/C30H38F3N3O7/c1-7-36(13(4)12(2)3)11-15-10-18(37)20-16(22(15)30(31,32)33)8-14-9-17-23(35(5)6)25(39)21(28(34)42)27(41)29(17,43)26(40)19(14)24(20)38/h10,12-14,17,23,37,39-40,43H,7-9,11H2,1-6H3,(H2,34,42)/t13-,14-,17-,23-,29-/m0/s1. The molecule has 0 heterocycles. The van der Waals surface area contributed by atoms with E-state index in [9.17, 15) is 48.0 Å². The number of rotatable bonds is 7. The van der Waals surface area contributed by atoms with Gasteiger partial charge in [-0.25, -0.2) is 0 Å². The molecule has 43 heavy (non-hydrogen) atoms. The number of alkyl halides is 3. The number of hydrogen-bond acceptors (Lipinski definition) is 9. The van der Waals surface area contributed by atoms with Gasteiger partial charge in [-0.2, -0.15) is 13.2 Å². The Hall–Kier alpha value is -3.42. The number of amides is 1. The van der Waals surface area contributed by atoms with Crippen molar-refractivity contribution >= 4 is 17.5 Å². The van der Waals surface area contributed by atoms with Gasteiger partial charge < -0.3 is 26.2 Å². The maximum absolute atomic E-state index is 14.8. The predicted octanol–water partition coefficient (Wildman–Crippen LogP) is 3.01. The summed E-state index contributed by atoms with van der Waals surface area (Å²) in [5.41, 5.74) is -1.40. The fourth-order valence-corrected chi connectivity index (χ4v) is 7.05. The Morgan fingerprint density at radius 3 is 2.26 bits per heavy atom. The number of aliphatic hydroxyl groups is 3. The molecular weight excluding hydrogens is 571 g/mol. The lowest BCUT2D eigenvalue weighted by Gasteiger charge is -2.50. The van der Waals surface area contributed by atoms with Gasteiger partial charge in [0.1, 0.15) is 22.8 Å². The Balaban J connectivity index is 1.95. The number of aliphatic hydroxyl groups excluding tert-OH is 2. The molecule has 10 nitrogen and oxygen atoms in total. The van der Waals surface area contributed by atoms with E-state index < -0.39 is 98.7 Å². The van der Waals surface area contributed by atoms with Crippen LogP contribution in [0.5, 0.6) is 5.75 Å². The van der Waals surface area contributed by atoms with Crippen LogP contribution in [-0.2, 0) is 28.7 Å². The van der Waals surface area contributed by atoms with E-state index in [1.165, 1.54) is 19.0 Å². The fourth-order valence-electron chi connectivity index (χ4n) is 7.05. The van der Waals surface area contributed by atoms with Gasteiger partial charge in [0, 0.05) is 24.1 Å². The number of carbonyl (C=O) groups is 3. The van der Waals surface area contributed by atoms with Crippen LogP contribution in [0.25, 0.3) is 0 Å². The van der Waals surface area contributed by atoms with Gasteiger partial charge in [-0.1, -0.05) is 20.8 Å². The Morgan fingerprint density at radius 1 is 1.16 bits per heavy atom. The van der Waals surface area contributed by atoms with Gasteiger partial charge >= 0.3 is 6.18 Å². The summed E-state index contributed by atoms with van der Waals surface area (Å²) in [5.74, 6) is -8.89. The number of phenolic OH excluding ortho intramolecular Hbond substituents is 1. The second kappa shape index (κ2) is 10.9. The summed E-state index contributed by atoms with van der Waals surface area (Å²) in [4.78, 5) is 42.5. The highest BCUT2D eigenvalue weighted by Crippen LogP contribution is 2.54. The number of allylic oxidation sites excluding steroid dienone is 1. The summed E-state index contributed by atoms with van der Waals surface area (Å²) in [6, 6.07) is -0.429. The largest absolute Gasteiger partial charge is 0.510 e. The molecule has 0 saturated carbocycles. The number of fused-ring (bicyclic) bond motifs is 3. The van der Waals surface area contributed by atoms with E-state index >= 15 is 0 Å². The molecule has 1 aromatic carbocycles. The Morgan fingerprint density at radius 2 is 1.77 bits per heavy atom. The third kappa shape index (κ3) is 4.91. The number of nitrogens with zero attached hydrogens (tertiary/aromatic N) is 2. The molecule has 6 N–H and O–H groups in total. The van der Waals surface area contributed by atoms with Crippen LogP contribution >= 0.6 is 0 Å². The number of likely N-dealkylation sites (N-methyl/N-ethyl adjacent to an activating group) is 1. The molecule has 236 valence electrons. The first-order chi connectivity index (χ1) is 19.8. The van der Waals surface area contributed by atoms with Gasteiger partial charge in [0.2, 0.25) is 5.78 Å². The zero-order chi connectivity index (χ0) is 32.5. The topological polar surface area (TPSA) is 165 Å². The summed E-state index contributed by atoms with van der Waals surface area (Å²) < 4.78 is 44.3. The first kappa shape index (κ1) is 32.5. The minimum absolute atomic E-state index is 0.0915. The molecule has 0 saturated heterocycles. The van der Waals surface area contributed by atoms with Gasteiger partial charge in [-0.3, -0.25) is 24.2 Å². The van der Waals surface area contributed by atoms with Crippen molar-refractivity contribution in [1.29, 1.82) is 0 Å². The van der Waals surface area contributed by atoms with E-state index in [4.69, 9.17) is 5.73 Å². The number of carbonyl (C=O) groups excluding carboxylic acids is 3. The highest BCUT2D eigenvalue weighted by molar-refractivity contribution is 6.24. The lowest BCUT2D eigenvalue weighted by molar-refractivity contribution is -0.148. The van der Waals surface area contributed by atoms with Crippen LogP contribution in [0.3, 0.4) is 0 Å². The number of primary amides is 1. The highest BCUT2D eigenvalue weighted by atomic mass is 19.4. The molecule has 1 amide bonds. The second-order valence-corrected chi connectivity index (χ2v) is 12.3. The number of aromatic hydroxyl groups is 1. The monoisotopic (exact) mass is 609 g/mol. The number of phenols is 1. The fraction of sp³-hybridized carbons (Fsp3) is 0.567. The van der Waals surface area contributed by atoms with Crippen LogP contribution in [-0.4, -0.2) is 86.0 Å². The number of halogens is 3. The normalized spacial score (nSPS) is 26.7. The van der Waals surface area contributed by atoms with Crippen molar-refractivity contribution in [3.8, 4) is 5.75 Å². The molecule has 3 aliphatic rings. The Bertz CT molecular complexity index is 1450. The zero-order valence-electron chi connectivity index (χ0n) is 24.9. The Labute approximate surface area is 247 Å². The van der Waals surface area contributed by atoms with Crippen molar-refractivity contribution in [3.05, 3.63) is 51.0 Å². The molecule has 0 aliphatic heterocycles. The van der Waals surface area contributed by atoms with E-state index in [1.54, 1.807) is 0 Å². The minimum atomic E-state index is -4.91. The molecule has 0 fully saturated rings. The molecular formula is C30H38F3N3O7. The van der Waals surface area contributed by atoms with Gasteiger partial charge in [0.05, 0.1) is 17.2 Å². The minimum Gasteiger partial charge on any atom is -0.510 e. The maximum Gasteiger partial charge on any atom is 0.417 e. The molecule has 4 rings (SSSR count). The summed E-state index contributed by atoms with van der Waals surface area (Å²) in [7, 11) is 2.94. The number of Topliss-reactive ketones (excluding diaryl/α,β-unsaturated/α-hetero) is 2. The first-order valence-electron chi connectivity index (χ1n) is 14.1. The van der Waals surface area contributed by atoms with Crippen molar-refractivity contribution in [1.82, 2.24) is 9.80 Å². The van der Waals surface area contributed by atoms with Crippen LogP contribution < -0.4 is 5.73 Å². The molecule has 5 atom stereocenters. The van der Waals surface area contributed by atoms with E-state index in [0.29, 0.717) is 6.54 Å². The average molecular weight is 610 g/mol. The van der Waals surface area contributed by atoms with E-state index in [0.717, 1.165) is 6.07 Å². The Kier molecular flexibility index (Phi) is 8.26. The van der Waals surface area contributed by atoms with Gasteiger partial charge in [0.25, 0.3) is 5.91 Å². The number of ketones is 2. The maximum atomic E-state index is 14.8. The lowest BCUT2D eigenvalue weighted by atomic mass is 9.58. The first-order valence-corrected chi connectivity index (χ1v) is 14.1. The van der Waals surface area contributed by atoms with Crippen LogP contribution in [0, 0.1) is 17.8 Å². The third-order valence-corrected chi connectivity index (χ3v) is 9.41. The summed E-state index contributed by atoms with van der Waals surface area (Å²) in [6.07, 6.45) is -5.66. The molecule has 1 aromatic rings. The van der Waals surface area contributed by atoms with Crippen molar-refractivity contribution < 1.29 is 48.0 Å². The molecule has 3 aliphatic carbocycles. The number of benzene rings is 1. The highest BCUT2D eigenvalue weighted by Gasteiger charge is 2.63. The van der Waals surface area contributed by atoms with Crippen LogP contribution in [0.1, 0.15) is 61.2 Å². The van der Waals surface area contributed by atoms with Crippen LogP contribution in [0.2, 0.25) is 0 Å². The smallest absolute Gasteiger partial charge is 0.417 e.